The van der Waals surface area contributed by atoms with E-state index in [4.69, 9.17) is 9.47 Å². The maximum atomic E-state index is 13.3. The number of methoxy groups -OCH3 is 1. The molecule has 0 aliphatic carbocycles. The van der Waals surface area contributed by atoms with Crippen molar-refractivity contribution in [1.29, 1.82) is 0 Å². The van der Waals surface area contributed by atoms with E-state index in [0.717, 1.165) is 50.0 Å². The molecule has 4 aliphatic rings. The van der Waals surface area contributed by atoms with Crippen molar-refractivity contribution in [3.8, 4) is 5.88 Å². The second-order valence-corrected chi connectivity index (χ2v) is 8.24. The molecule has 3 fully saturated rings. The first kappa shape index (κ1) is 18.4. The van der Waals surface area contributed by atoms with E-state index in [0.29, 0.717) is 18.3 Å². The number of nitrogens with zero attached hydrogens (tertiary/aromatic N) is 3. The normalized spacial score (nSPS) is 28.0. The molecule has 2 aromatic rings. The third kappa shape index (κ3) is 3.46. The van der Waals surface area contributed by atoms with Gasteiger partial charge in [-0.25, -0.2) is 9.78 Å². The molecule has 2 atom stereocenters. The Balaban J connectivity index is 1.43. The average Bonchev–Trinajstić information content (AvgIpc) is 2.79. The van der Waals surface area contributed by atoms with Crippen molar-refractivity contribution in [2.45, 2.75) is 31.4 Å². The minimum absolute atomic E-state index is 0.0109. The van der Waals surface area contributed by atoms with Gasteiger partial charge in [-0.3, -0.25) is 9.80 Å². The molecule has 152 valence electrons. The van der Waals surface area contributed by atoms with Gasteiger partial charge >= 0.3 is 6.09 Å². The van der Waals surface area contributed by atoms with Gasteiger partial charge in [-0.05, 0) is 61.0 Å². The molecule has 0 unspecified atom stereocenters. The number of pyridine rings is 1. The molecular formula is C23H27N3O3. The van der Waals surface area contributed by atoms with Crippen LogP contribution in [0.3, 0.4) is 0 Å². The van der Waals surface area contributed by atoms with E-state index in [1.54, 1.807) is 13.3 Å². The van der Waals surface area contributed by atoms with E-state index in [2.05, 4.69) is 28.1 Å². The molecule has 3 saturated heterocycles. The summed E-state index contributed by atoms with van der Waals surface area (Å²) in [5.41, 5.74) is 3.40. The van der Waals surface area contributed by atoms with E-state index < -0.39 is 0 Å². The zero-order chi connectivity index (χ0) is 19.8. The number of hydrogen-bond acceptors (Lipinski definition) is 5. The molecular weight excluding hydrogens is 366 g/mol. The van der Waals surface area contributed by atoms with Gasteiger partial charge in [0.2, 0.25) is 5.88 Å². The summed E-state index contributed by atoms with van der Waals surface area (Å²) in [7, 11) is 1.61. The number of hydrogen-bond donors (Lipinski definition) is 0. The molecule has 0 N–H and O–H groups in total. The van der Waals surface area contributed by atoms with Gasteiger partial charge in [0.15, 0.2) is 0 Å². The monoisotopic (exact) mass is 393 g/mol. The third-order valence-electron chi connectivity index (χ3n) is 6.65. The largest absolute Gasteiger partial charge is 0.481 e. The summed E-state index contributed by atoms with van der Waals surface area (Å²) in [6.07, 6.45) is 4.71. The lowest BCUT2D eigenvalue weighted by atomic mass is 9.86. The van der Waals surface area contributed by atoms with Gasteiger partial charge in [0.05, 0.1) is 13.2 Å². The van der Waals surface area contributed by atoms with Gasteiger partial charge in [-0.2, -0.15) is 0 Å². The standard InChI is InChI=1S/C23H27N3O3/c1-28-21-7-6-18(14-24-21)22-19-5-3-2-4-16(19)10-13-26(22)23(27)29-20-15-25-11-8-17(20)9-12-25/h2-7,14,17,20,22H,8-13,15H2,1H3/t20-,22-/m1/s1. The Morgan fingerprint density at radius 1 is 1.10 bits per heavy atom. The Hall–Kier alpha value is -2.60. The molecule has 1 aromatic carbocycles. The van der Waals surface area contributed by atoms with Crippen LogP contribution in [0.15, 0.2) is 42.6 Å². The minimum Gasteiger partial charge on any atom is -0.481 e. The topological polar surface area (TPSA) is 54.9 Å². The zero-order valence-corrected chi connectivity index (χ0v) is 16.8. The number of ether oxygens (including phenoxy) is 2. The number of carbonyl (C=O) groups is 1. The predicted molar refractivity (Wildman–Crippen MR) is 109 cm³/mol. The highest BCUT2D eigenvalue weighted by Crippen LogP contribution is 2.37. The number of carbonyl (C=O) groups excluding carboxylic acids is 1. The maximum Gasteiger partial charge on any atom is 0.410 e. The molecule has 1 amide bonds. The van der Waals surface area contributed by atoms with Gasteiger partial charge in [-0.1, -0.05) is 24.3 Å². The highest BCUT2D eigenvalue weighted by molar-refractivity contribution is 5.70. The second-order valence-electron chi connectivity index (χ2n) is 8.24. The summed E-state index contributed by atoms with van der Waals surface area (Å²) in [6, 6.07) is 12.0. The van der Waals surface area contributed by atoms with Gasteiger partial charge < -0.3 is 9.47 Å². The Labute approximate surface area is 171 Å². The minimum atomic E-state index is -0.209. The number of piperidine rings is 3. The molecule has 2 bridgehead atoms. The number of amides is 1. The first-order chi connectivity index (χ1) is 14.2. The van der Waals surface area contributed by atoms with Crippen molar-refractivity contribution in [2.75, 3.05) is 33.3 Å². The van der Waals surface area contributed by atoms with Crippen LogP contribution in [0.1, 0.15) is 35.6 Å². The highest BCUT2D eigenvalue weighted by atomic mass is 16.6. The Bertz CT molecular complexity index is 877. The van der Waals surface area contributed by atoms with Crippen molar-refractivity contribution < 1.29 is 14.3 Å². The second kappa shape index (κ2) is 7.67. The SMILES string of the molecule is COc1ccc([C@@H]2c3ccccc3CCN2C(=O)O[C@@H]2CN3CCC2CC3)cn1. The smallest absolute Gasteiger partial charge is 0.410 e. The van der Waals surface area contributed by atoms with Gasteiger partial charge in [0.1, 0.15) is 6.10 Å². The molecule has 1 aromatic heterocycles. The first-order valence-corrected chi connectivity index (χ1v) is 10.5. The summed E-state index contributed by atoms with van der Waals surface area (Å²) in [4.78, 5) is 22.0. The van der Waals surface area contributed by atoms with Crippen LogP contribution < -0.4 is 4.74 Å². The Kier molecular flexibility index (Phi) is 4.87. The summed E-state index contributed by atoms with van der Waals surface area (Å²) in [5.74, 6) is 1.07. The van der Waals surface area contributed by atoms with Crippen LogP contribution in [0.2, 0.25) is 0 Å². The Morgan fingerprint density at radius 2 is 1.93 bits per heavy atom. The van der Waals surface area contributed by atoms with E-state index in [9.17, 15) is 4.79 Å². The fourth-order valence-corrected chi connectivity index (χ4v) is 5.04. The van der Waals surface area contributed by atoms with Crippen molar-refractivity contribution in [3.05, 3.63) is 59.3 Å². The fourth-order valence-electron chi connectivity index (χ4n) is 5.04. The molecule has 0 radical (unpaired) electrons. The summed E-state index contributed by atoms with van der Waals surface area (Å²) >= 11 is 0. The van der Waals surface area contributed by atoms with Crippen LogP contribution in [0.5, 0.6) is 5.88 Å². The average molecular weight is 393 g/mol. The van der Waals surface area contributed by atoms with Crippen molar-refractivity contribution in [2.24, 2.45) is 5.92 Å². The quantitative estimate of drug-likeness (QED) is 0.801. The fraction of sp³-hybridized carbons (Fsp3) is 0.478. The molecule has 4 aliphatic heterocycles. The molecule has 6 nitrogen and oxygen atoms in total. The van der Waals surface area contributed by atoms with Crippen molar-refractivity contribution in [3.63, 3.8) is 0 Å². The van der Waals surface area contributed by atoms with Crippen molar-refractivity contribution in [1.82, 2.24) is 14.8 Å². The number of rotatable bonds is 3. The van der Waals surface area contributed by atoms with Crippen LogP contribution in [0.4, 0.5) is 4.79 Å². The van der Waals surface area contributed by atoms with E-state index in [-0.39, 0.29) is 18.2 Å². The van der Waals surface area contributed by atoms with Crippen LogP contribution in [-0.4, -0.2) is 60.3 Å². The van der Waals surface area contributed by atoms with Crippen LogP contribution in [0, 0.1) is 5.92 Å². The summed E-state index contributed by atoms with van der Waals surface area (Å²) in [6.45, 7) is 3.79. The van der Waals surface area contributed by atoms with Crippen LogP contribution >= 0.6 is 0 Å². The Morgan fingerprint density at radius 3 is 2.62 bits per heavy atom. The lowest BCUT2D eigenvalue weighted by molar-refractivity contribution is -0.0462. The van der Waals surface area contributed by atoms with E-state index >= 15 is 0 Å². The van der Waals surface area contributed by atoms with Crippen LogP contribution in [0.25, 0.3) is 0 Å². The van der Waals surface area contributed by atoms with Gasteiger partial charge in [0.25, 0.3) is 0 Å². The predicted octanol–water partition coefficient (Wildman–Crippen LogP) is 3.27. The molecule has 0 spiro atoms. The number of benzene rings is 1. The molecule has 6 rings (SSSR count). The summed E-state index contributed by atoms with van der Waals surface area (Å²) in [5, 5.41) is 0. The van der Waals surface area contributed by atoms with Gasteiger partial charge in [0, 0.05) is 25.4 Å². The number of fused-ring (bicyclic) bond motifs is 4. The van der Waals surface area contributed by atoms with Crippen LogP contribution in [-0.2, 0) is 11.2 Å². The lowest BCUT2D eigenvalue weighted by Crippen LogP contribution is -2.53. The summed E-state index contributed by atoms with van der Waals surface area (Å²) < 4.78 is 11.3. The molecule has 5 heterocycles. The van der Waals surface area contributed by atoms with E-state index in [1.165, 1.54) is 5.56 Å². The number of aromatic nitrogens is 1. The molecule has 0 saturated carbocycles. The maximum absolute atomic E-state index is 13.3. The van der Waals surface area contributed by atoms with E-state index in [1.807, 2.05) is 23.1 Å². The lowest BCUT2D eigenvalue weighted by Gasteiger charge is -2.45. The van der Waals surface area contributed by atoms with Crippen molar-refractivity contribution >= 4 is 6.09 Å². The van der Waals surface area contributed by atoms with Gasteiger partial charge in [-0.15, -0.1) is 0 Å². The zero-order valence-electron chi connectivity index (χ0n) is 16.8. The highest BCUT2D eigenvalue weighted by Gasteiger charge is 2.39. The third-order valence-corrected chi connectivity index (χ3v) is 6.65. The molecule has 6 heteroatoms. The first-order valence-electron chi connectivity index (χ1n) is 10.5. The molecule has 29 heavy (non-hydrogen) atoms.